The molecule has 0 radical (unpaired) electrons. The van der Waals surface area contributed by atoms with Crippen molar-refractivity contribution in [2.24, 2.45) is 0 Å². The van der Waals surface area contributed by atoms with E-state index in [9.17, 15) is 9.59 Å². The highest BCUT2D eigenvalue weighted by molar-refractivity contribution is 9.10. The quantitative estimate of drug-likeness (QED) is 0.325. The van der Waals surface area contributed by atoms with E-state index < -0.39 is 11.9 Å². The van der Waals surface area contributed by atoms with Gasteiger partial charge in [0, 0.05) is 32.4 Å². The average Bonchev–Trinajstić information content (AvgIpc) is 3.15. The summed E-state index contributed by atoms with van der Waals surface area (Å²) in [4.78, 5) is 26.7. The van der Waals surface area contributed by atoms with Crippen LogP contribution in [0.1, 0.15) is 39.9 Å². The minimum atomic E-state index is -0.699. The second kappa shape index (κ2) is 9.77. The molecule has 0 saturated carbocycles. The second-order valence-electron chi connectivity index (χ2n) is 8.47. The first-order chi connectivity index (χ1) is 17.3. The molecule has 5 nitrogen and oxygen atoms in total. The molecule has 8 heteroatoms. The molecule has 1 aliphatic carbocycles. The zero-order chi connectivity index (χ0) is 25.6. The largest absolute Gasteiger partial charge is 0.489 e. The number of carbonyl (C=O) groups is 2. The summed E-state index contributed by atoms with van der Waals surface area (Å²) >= 11 is 15.8. The predicted octanol–water partition coefficient (Wildman–Crippen LogP) is 7.08. The Morgan fingerprint density at radius 2 is 1.78 bits per heavy atom. The Balaban J connectivity index is 1.64. The molecule has 3 aromatic rings. The number of methoxy groups -OCH3 is 1. The van der Waals surface area contributed by atoms with E-state index in [1.54, 1.807) is 18.2 Å². The molecule has 0 fully saturated rings. The minimum absolute atomic E-state index is 0.137. The summed E-state index contributed by atoms with van der Waals surface area (Å²) in [6, 6.07) is 18.2. The minimum Gasteiger partial charge on any atom is -0.489 e. The predicted molar refractivity (Wildman–Crippen MR) is 143 cm³/mol. The van der Waals surface area contributed by atoms with Gasteiger partial charge in [-0.05, 0) is 42.8 Å². The van der Waals surface area contributed by atoms with E-state index in [0.29, 0.717) is 49.5 Å². The zero-order valence-electron chi connectivity index (χ0n) is 19.3. The number of halogens is 3. The van der Waals surface area contributed by atoms with Gasteiger partial charge in [-0.1, -0.05) is 69.5 Å². The molecule has 2 aliphatic rings. The summed E-state index contributed by atoms with van der Waals surface area (Å²) in [5, 5.41) is 4.18. The van der Waals surface area contributed by atoms with Gasteiger partial charge in [-0.3, -0.25) is 4.79 Å². The van der Waals surface area contributed by atoms with Gasteiger partial charge in [-0.25, -0.2) is 4.79 Å². The highest BCUT2D eigenvalue weighted by atomic mass is 79.9. The van der Waals surface area contributed by atoms with Crippen molar-refractivity contribution in [2.75, 3.05) is 7.11 Å². The lowest BCUT2D eigenvalue weighted by molar-refractivity contribution is -0.136. The van der Waals surface area contributed by atoms with E-state index in [1.807, 2.05) is 49.4 Å². The highest BCUT2D eigenvalue weighted by Gasteiger charge is 2.43. The van der Waals surface area contributed by atoms with Gasteiger partial charge < -0.3 is 14.8 Å². The third-order valence-corrected chi connectivity index (χ3v) is 7.55. The fourth-order valence-electron chi connectivity index (χ4n) is 4.69. The summed E-state index contributed by atoms with van der Waals surface area (Å²) in [7, 11) is 1.33. The van der Waals surface area contributed by atoms with E-state index in [-0.39, 0.29) is 12.4 Å². The topological polar surface area (TPSA) is 64.6 Å². The van der Waals surface area contributed by atoms with E-state index >= 15 is 0 Å². The fraction of sp³-hybridized carbons (Fsp3) is 0.143. The Bertz CT molecular complexity index is 1490. The van der Waals surface area contributed by atoms with Crippen LogP contribution in [-0.2, 0) is 16.1 Å². The van der Waals surface area contributed by atoms with Gasteiger partial charge in [0.05, 0.1) is 34.3 Å². The number of hydrogen-bond acceptors (Lipinski definition) is 5. The van der Waals surface area contributed by atoms with Crippen molar-refractivity contribution < 1.29 is 19.1 Å². The molecule has 0 aromatic heterocycles. The van der Waals surface area contributed by atoms with Crippen LogP contribution in [0.3, 0.4) is 0 Å². The Kier molecular flexibility index (Phi) is 6.68. The third kappa shape index (κ3) is 4.23. The summed E-state index contributed by atoms with van der Waals surface area (Å²) in [6.07, 6.45) is 0. The van der Waals surface area contributed by atoms with Crippen LogP contribution < -0.4 is 10.1 Å². The van der Waals surface area contributed by atoms with Crippen LogP contribution in [0, 0.1) is 0 Å². The Morgan fingerprint density at radius 3 is 2.50 bits per heavy atom. The van der Waals surface area contributed by atoms with Crippen molar-refractivity contribution in [3.8, 4) is 5.75 Å². The number of nitrogens with one attached hydrogen (secondary N) is 1. The maximum Gasteiger partial charge on any atom is 0.336 e. The first-order valence-electron chi connectivity index (χ1n) is 11.1. The van der Waals surface area contributed by atoms with Crippen molar-refractivity contribution in [3.63, 3.8) is 0 Å². The van der Waals surface area contributed by atoms with E-state index in [4.69, 9.17) is 32.7 Å². The van der Waals surface area contributed by atoms with Crippen LogP contribution in [0.2, 0.25) is 10.0 Å². The molecular formula is C28H20BrCl2NO4. The molecular weight excluding hydrogens is 565 g/mol. The van der Waals surface area contributed by atoms with Crippen molar-refractivity contribution in [3.05, 3.63) is 114 Å². The lowest BCUT2D eigenvalue weighted by atomic mass is 9.79. The molecule has 1 heterocycles. The van der Waals surface area contributed by atoms with E-state index in [0.717, 1.165) is 15.6 Å². The number of esters is 1. The lowest BCUT2D eigenvalue weighted by Gasteiger charge is -2.30. The standard InChI is InChI=1S/C28H20BrCl2NO4/c1-14-23(28(34)35-2)24(25-26(32-14)17-5-3-4-6-18(17)27(25)33)19-12-16(29)8-10-22(19)36-13-15-7-9-20(30)21(31)11-15/h3-12,24,32H,13H2,1-2H3/t24-/m1/s1. The molecule has 0 saturated heterocycles. The number of fused-ring (bicyclic) bond motifs is 2. The smallest absolute Gasteiger partial charge is 0.336 e. The molecule has 0 unspecified atom stereocenters. The van der Waals surface area contributed by atoms with Crippen LogP contribution in [-0.4, -0.2) is 18.9 Å². The van der Waals surface area contributed by atoms with Gasteiger partial charge in [0.1, 0.15) is 12.4 Å². The van der Waals surface area contributed by atoms with Gasteiger partial charge in [0.15, 0.2) is 5.78 Å². The van der Waals surface area contributed by atoms with E-state index in [1.165, 1.54) is 7.11 Å². The van der Waals surface area contributed by atoms with Crippen molar-refractivity contribution in [1.82, 2.24) is 5.32 Å². The first kappa shape index (κ1) is 24.6. The molecule has 1 atom stereocenters. The molecule has 1 N–H and O–H groups in total. The summed E-state index contributed by atoms with van der Waals surface area (Å²) in [5.41, 5.74) is 5.04. The average molecular weight is 585 g/mol. The highest BCUT2D eigenvalue weighted by Crippen LogP contribution is 2.49. The van der Waals surface area contributed by atoms with E-state index in [2.05, 4.69) is 21.2 Å². The second-order valence-corrected chi connectivity index (χ2v) is 10.2. The lowest BCUT2D eigenvalue weighted by Crippen LogP contribution is -2.29. The molecule has 182 valence electrons. The first-order valence-corrected chi connectivity index (χ1v) is 12.7. The number of rotatable bonds is 5. The Labute approximate surface area is 226 Å². The van der Waals surface area contributed by atoms with Crippen LogP contribution in [0.5, 0.6) is 5.75 Å². The maximum atomic E-state index is 13.7. The molecule has 36 heavy (non-hydrogen) atoms. The van der Waals surface area contributed by atoms with Crippen molar-refractivity contribution in [2.45, 2.75) is 19.4 Å². The molecule has 3 aromatic carbocycles. The number of hydrogen-bond donors (Lipinski definition) is 1. The zero-order valence-corrected chi connectivity index (χ0v) is 22.4. The van der Waals surface area contributed by atoms with Gasteiger partial charge in [0.2, 0.25) is 0 Å². The number of allylic oxidation sites excluding steroid dienone is 2. The number of benzene rings is 3. The van der Waals surface area contributed by atoms with Crippen LogP contribution >= 0.6 is 39.1 Å². The van der Waals surface area contributed by atoms with Gasteiger partial charge in [-0.2, -0.15) is 0 Å². The number of carbonyl (C=O) groups excluding carboxylic acids is 2. The van der Waals surface area contributed by atoms with Crippen LogP contribution in [0.4, 0.5) is 0 Å². The van der Waals surface area contributed by atoms with Gasteiger partial charge in [0.25, 0.3) is 0 Å². The van der Waals surface area contributed by atoms with Crippen LogP contribution in [0.25, 0.3) is 5.70 Å². The molecule has 0 spiro atoms. The number of ether oxygens (including phenoxy) is 2. The monoisotopic (exact) mass is 583 g/mol. The molecule has 0 amide bonds. The fourth-order valence-corrected chi connectivity index (χ4v) is 5.39. The van der Waals surface area contributed by atoms with Crippen molar-refractivity contribution >= 4 is 56.6 Å². The normalized spacial score (nSPS) is 16.5. The number of dihydropyridines is 1. The molecule has 0 bridgehead atoms. The van der Waals surface area contributed by atoms with Gasteiger partial charge in [-0.15, -0.1) is 0 Å². The number of ketones is 1. The summed E-state index contributed by atoms with van der Waals surface area (Å²) in [6.45, 7) is 2.02. The molecule has 1 aliphatic heterocycles. The van der Waals surface area contributed by atoms with Crippen molar-refractivity contribution in [1.29, 1.82) is 0 Å². The summed E-state index contributed by atoms with van der Waals surface area (Å²) in [5.74, 6) is -0.825. The van der Waals surface area contributed by atoms with Crippen LogP contribution in [0.15, 0.2) is 82.0 Å². The molecule has 5 rings (SSSR count). The maximum absolute atomic E-state index is 13.7. The summed E-state index contributed by atoms with van der Waals surface area (Å²) < 4.78 is 12.2. The number of Topliss-reactive ketones (excluding diaryl/α,β-unsaturated/α-hetero) is 1. The van der Waals surface area contributed by atoms with Gasteiger partial charge >= 0.3 is 5.97 Å². The third-order valence-electron chi connectivity index (χ3n) is 6.32. The Hall–Kier alpha value is -3.06. The SMILES string of the molecule is COC(=O)C1=C(C)NC2=C(C(=O)c3ccccc32)[C@@H]1c1cc(Br)ccc1OCc1ccc(Cl)c(Cl)c1. The Morgan fingerprint density at radius 1 is 1.03 bits per heavy atom.